The first-order valence-corrected chi connectivity index (χ1v) is 5.53. The van der Waals surface area contributed by atoms with Gasteiger partial charge in [-0.05, 0) is 19.1 Å². The van der Waals surface area contributed by atoms with Crippen LogP contribution in [0.1, 0.15) is 27.6 Å². The Morgan fingerprint density at radius 1 is 1.06 bits per heavy atom. The van der Waals surface area contributed by atoms with E-state index in [-0.39, 0.29) is 0 Å². The summed E-state index contributed by atoms with van der Waals surface area (Å²) in [5.41, 5.74) is 0.609. The number of hydrogen-bond acceptors (Lipinski definition) is 4. The van der Waals surface area contributed by atoms with Crippen molar-refractivity contribution in [2.45, 2.75) is 19.0 Å². The van der Waals surface area contributed by atoms with E-state index in [4.69, 9.17) is 0 Å². The lowest BCUT2D eigenvalue weighted by Gasteiger charge is -2.43. The summed E-state index contributed by atoms with van der Waals surface area (Å²) in [7, 11) is 0. The highest BCUT2D eigenvalue weighted by molar-refractivity contribution is 6.23. The molecule has 6 nitrogen and oxygen atoms in total. The Morgan fingerprint density at radius 2 is 1.56 bits per heavy atom. The first kappa shape index (κ1) is 10.9. The zero-order chi connectivity index (χ0) is 13.0. The largest absolute Gasteiger partial charge is 0.285 e. The molecule has 92 valence electrons. The summed E-state index contributed by atoms with van der Waals surface area (Å²) in [6.07, 6.45) is 0. The van der Waals surface area contributed by atoms with Crippen molar-refractivity contribution >= 4 is 17.7 Å². The Labute approximate surface area is 102 Å². The lowest BCUT2D eigenvalue weighted by atomic mass is 9.98. The number of hydroxylamine groups is 2. The predicted octanol–water partition coefficient (Wildman–Crippen LogP) is 0.271. The van der Waals surface area contributed by atoms with Crippen molar-refractivity contribution in [2.75, 3.05) is 0 Å². The van der Waals surface area contributed by atoms with Gasteiger partial charge in [0.25, 0.3) is 17.7 Å². The average molecular weight is 246 g/mol. The van der Waals surface area contributed by atoms with Crippen LogP contribution in [0.25, 0.3) is 0 Å². The van der Waals surface area contributed by atoms with Crippen LogP contribution >= 0.6 is 0 Å². The smallest absolute Gasteiger partial charge is 0.271 e. The van der Waals surface area contributed by atoms with Crippen LogP contribution in [0.15, 0.2) is 24.3 Å². The van der Waals surface area contributed by atoms with Gasteiger partial charge >= 0.3 is 0 Å². The lowest BCUT2D eigenvalue weighted by molar-refractivity contribution is -0.212. The Morgan fingerprint density at radius 3 is 2.00 bits per heavy atom. The van der Waals surface area contributed by atoms with Crippen molar-refractivity contribution in [3.05, 3.63) is 35.4 Å². The molecule has 1 aromatic carbocycles. The first-order valence-electron chi connectivity index (χ1n) is 5.53. The summed E-state index contributed by atoms with van der Waals surface area (Å²) in [5.74, 6) is -1.58. The molecule has 1 fully saturated rings. The van der Waals surface area contributed by atoms with E-state index in [9.17, 15) is 19.6 Å². The molecule has 2 unspecified atom stereocenters. The first-order chi connectivity index (χ1) is 8.54. The minimum Gasteiger partial charge on any atom is -0.285 e. The Balaban J connectivity index is 2.01. The predicted molar refractivity (Wildman–Crippen MR) is 58.8 cm³/mol. The monoisotopic (exact) mass is 246 g/mol. The molecule has 2 heterocycles. The van der Waals surface area contributed by atoms with Crippen molar-refractivity contribution in [1.82, 2.24) is 9.96 Å². The molecule has 1 aromatic rings. The van der Waals surface area contributed by atoms with Crippen LogP contribution in [0.5, 0.6) is 0 Å². The fourth-order valence-electron chi connectivity index (χ4n) is 2.38. The number of β-lactam (4-membered cyclic amide) rings is 1. The molecule has 2 aliphatic rings. The summed E-state index contributed by atoms with van der Waals surface area (Å²) in [4.78, 5) is 36.6. The van der Waals surface area contributed by atoms with Gasteiger partial charge in [0.2, 0.25) is 0 Å². The van der Waals surface area contributed by atoms with Gasteiger partial charge in [-0.1, -0.05) is 12.1 Å². The second-order valence-corrected chi connectivity index (χ2v) is 4.39. The molecule has 1 N–H and O–H groups in total. The molecule has 0 aliphatic carbocycles. The van der Waals surface area contributed by atoms with Crippen LogP contribution in [0.3, 0.4) is 0 Å². The van der Waals surface area contributed by atoms with Crippen molar-refractivity contribution in [1.29, 1.82) is 0 Å². The van der Waals surface area contributed by atoms with Gasteiger partial charge in [-0.3, -0.25) is 24.5 Å². The van der Waals surface area contributed by atoms with E-state index < -0.39 is 29.8 Å². The Kier molecular flexibility index (Phi) is 2.06. The molecule has 0 aromatic heterocycles. The number of benzene rings is 1. The fourth-order valence-corrected chi connectivity index (χ4v) is 2.38. The zero-order valence-corrected chi connectivity index (χ0v) is 9.53. The second kappa shape index (κ2) is 3.39. The molecule has 0 saturated carbocycles. The van der Waals surface area contributed by atoms with Crippen LogP contribution < -0.4 is 0 Å². The molecule has 18 heavy (non-hydrogen) atoms. The van der Waals surface area contributed by atoms with Gasteiger partial charge in [-0.2, -0.15) is 0 Å². The van der Waals surface area contributed by atoms with E-state index in [0.717, 1.165) is 4.90 Å². The molecule has 0 spiro atoms. The highest BCUT2D eigenvalue weighted by Crippen LogP contribution is 2.31. The van der Waals surface area contributed by atoms with Crippen LogP contribution in [-0.4, -0.2) is 45.0 Å². The van der Waals surface area contributed by atoms with Gasteiger partial charge in [-0.15, -0.1) is 0 Å². The second-order valence-electron chi connectivity index (χ2n) is 4.39. The highest BCUT2D eigenvalue weighted by Gasteiger charge is 2.54. The third-order valence-electron chi connectivity index (χ3n) is 3.43. The number of carbonyl (C=O) groups excluding carboxylic acids is 3. The van der Waals surface area contributed by atoms with E-state index in [1.54, 1.807) is 31.2 Å². The molecule has 3 rings (SSSR count). The van der Waals surface area contributed by atoms with Gasteiger partial charge < -0.3 is 0 Å². The maximum absolute atomic E-state index is 12.1. The molecule has 2 atom stereocenters. The topological polar surface area (TPSA) is 77.9 Å². The van der Waals surface area contributed by atoms with Gasteiger partial charge in [-0.25, -0.2) is 5.06 Å². The number of hydrogen-bond donors (Lipinski definition) is 1. The van der Waals surface area contributed by atoms with Crippen molar-refractivity contribution in [3.63, 3.8) is 0 Å². The van der Waals surface area contributed by atoms with E-state index in [1.807, 2.05) is 0 Å². The minimum absolute atomic E-state index is 0.305. The van der Waals surface area contributed by atoms with Gasteiger partial charge in [0.1, 0.15) is 6.04 Å². The third kappa shape index (κ3) is 1.12. The van der Waals surface area contributed by atoms with Crippen LogP contribution in [0, 0.1) is 0 Å². The number of nitrogens with zero attached hydrogens (tertiary/aromatic N) is 2. The molecule has 0 bridgehead atoms. The van der Waals surface area contributed by atoms with Crippen molar-refractivity contribution in [2.24, 2.45) is 0 Å². The minimum atomic E-state index is -0.901. The molecule has 3 amide bonds. The van der Waals surface area contributed by atoms with Gasteiger partial charge in [0.05, 0.1) is 17.2 Å². The lowest BCUT2D eigenvalue weighted by Crippen LogP contribution is -2.69. The maximum atomic E-state index is 12.1. The molecule has 1 saturated heterocycles. The standard InChI is InChI=1S/C12H10N2O4/c1-6-9(12(17)14(6)18)13-10(15)7-4-2-3-5-8(7)11(13)16/h2-6,9,18H,1H3. The van der Waals surface area contributed by atoms with Crippen molar-refractivity contribution < 1.29 is 19.6 Å². The van der Waals surface area contributed by atoms with E-state index in [2.05, 4.69) is 0 Å². The van der Waals surface area contributed by atoms with E-state index in [1.165, 1.54) is 0 Å². The van der Waals surface area contributed by atoms with Gasteiger partial charge in [0, 0.05) is 0 Å². The molecular formula is C12H10N2O4. The van der Waals surface area contributed by atoms with Crippen LogP contribution in [0.2, 0.25) is 0 Å². The SMILES string of the molecule is CC1C(N2C(=O)c3ccccc3C2=O)C(=O)N1O. The van der Waals surface area contributed by atoms with E-state index in [0.29, 0.717) is 16.2 Å². The maximum Gasteiger partial charge on any atom is 0.271 e. The summed E-state index contributed by atoms with van der Waals surface area (Å²) in [5, 5.41) is 9.78. The molecule has 2 aliphatic heterocycles. The zero-order valence-electron chi connectivity index (χ0n) is 9.53. The molecule has 0 radical (unpaired) electrons. The number of fused-ring (bicyclic) bond motifs is 1. The third-order valence-corrected chi connectivity index (χ3v) is 3.43. The number of amides is 3. The summed E-state index contributed by atoms with van der Waals surface area (Å²) in [6.45, 7) is 1.58. The van der Waals surface area contributed by atoms with Crippen molar-refractivity contribution in [3.8, 4) is 0 Å². The van der Waals surface area contributed by atoms with Crippen LogP contribution in [-0.2, 0) is 4.79 Å². The Bertz CT molecular complexity index is 548. The quantitative estimate of drug-likeness (QED) is 0.438. The van der Waals surface area contributed by atoms with E-state index >= 15 is 0 Å². The average Bonchev–Trinajstić information content (AvgIpc) is 2.64. The number of imide groups is 1. The fraction of sp³-hybridized carbons (Fsp3) is 0.250. The molecular weight excluding hydrogens is 236 g/mol. The van der Waals surface area contributed by atoms with Crippen LogP contribution in [0.4, 0.5) is 0 Å². The number of carbonyl (C=O) groups is 3. The summed E-state index contributed by atoms with van der Waals surface area (Å²) < 4.78 is 0. The van der Waals surface area contributed by atoms with Gasteiger partial charge in [0.15, 0.2) is 0 Å². The number of rotatable bonds is 1. The molecule has 6 heteroatoms. The summed E-state index contributed by atoms with van der Waals surface area (Å²) in [6, 6.07) is 4.97. The normalized spacial score (nSPS) is 26.4. The highest BCUT2D eigenvalue weighted by atomic mass is 16.5. The Hall–Kier alpha value is -2.21. The summed E-state index contributed by atoms with van der Waals surface area (Å²) >= 11 is 0.